The molecule has 4 nitrogen and oxygen atoms in total. The summed E-state index contributed by atoms with van der Waals surface area (Å²) in [6, 6.07) is 18.6. The van der Waals surface area contributed by atoms with Gasteiger partial charge in [0.2, 0.25) is 0 Å². The Bertz CT molecular complexity index is 1270. The van der Waals surface area contributed by atoms with Crippen LogP contribution in [0.2, 0.25) is 0 Å². The largest absolute Gasteiger partial charge is 0.486 e. The lowest BCUT2D eigenvalue weighted by Gasteiger charge is -2.11. The highest BCUT2D eigenvalue weighted by molar-refractivity contribution is 5.62. The predicted octanol–water partition coefficient (Wildman–Crippen LogP) is 5.12. The SMILES string of the molecule is Cc1cc(Cn2cncc(-c3ccc(OCc4ccccc4)c(F)c3)c2=O)ccc1F. The van der Waals surface area contributed by atoms with E-state index in [-0.39, 0.29) is 35.8 Å². The molecular formula is C25H20F2N2O2. The summed E-state index contributed by atoms with van der Waals surface area (Å²) in [7, 11) is 0. The van der Waals surface area contributed by atoms with Crippen molar-refractivity contribution in [3.63, 3.8) is 0 Å². The highest BCUT2D eigenvalue weighted by Gasteiger charge is 2.12. The van der Waals surface area contributed by atoms with Gasteiger partial charge in [-0.15, -0.1) is 0 Å². The summed E-state index contributed by atoms with van der Waals surface area (Å²) in [5.74, 6) is -0.746. The third-order valence-electron chi connectivity index (χ3n) is 4.96. The Morgan fingerprint density at radius 1 is 0.935 bits per heavy atom. The summed E-state index contributed by atoms with van der Waals surface area (Å²) in [6.45, 7) is 2.15. The molecule has 1 aromatic heterocycles. The Hall–Kier alpha value is -3.80. The van der Waals surface area contributed by atoms with Gasteiger partial charge in [-0.3, -0.25) is 9.36 Å². The fraction of sp³-hybridized carbons (Fsp3) is 0.120. The molecule has 0 bridgehead atoms. The number of hydrogen-bond donors (Lipinski definition) is 0. The zero-order valence-electron chi connectivity index (χ0n) is 16.9. The molecule has 0 saturated heterocycles. The smallest absolute Gasteiger partial charge is 0.261 e. The van der Waals surface area contributed by atoms with Crippen LogP contribution in [0.25, 0.3) is 11.1 Å². The minimum absolute atomic E-state index is 0.110. The van der Waals surface area contributed by atoms with E-state index in [4.69, 9.17) is 4.74 Å². The first-order chi connectivity index (χ1) is 15.0. The van der Waals surface area contributed by atoms with Crippen molar-refractivity contribution in [2.75, 3.05) is 0 Å². The van der Waals surface area contributed by atoms with E-state index in [1.54, 1.807) is 25.1 Å². The van der Waals surface area contributed by atoms with Crippen LogP contribution in [0, 0.1) is 18.6 Å². The maximum Gasteiger partial charge on any atom is 0.261 e. The van der Waals surface area contributed by atoms with Crippen LogP contribution in [0.15, 0.2) is 84.0 Å². The normalized spacial score (nSPS) is 10.8. The van der Waals surface area contributed by atoms with Crippen LogP contribution in [-0.4, -0.2) is 9.55 Å². The van der Waals surface area contributed by atoms with Crippen LogP contribution < -0.4 is 10.3 Å². The first kappa shape index (κ1) is 20.5. The predicted molar refractivity (Wildman–Crippen MR) is 115 cm³/mol. The quantitative estimate of drug-likeness (QED) is 0.436. The number of aromatic nitrogens is 2. The molecule has 0 unspecified atom stereocenters. The summed E-state index contributed by atoms with van der Waals surface area (Å²) in [5, 5.41) is 0. The Morgan fingerprint density at radius 2 is 1.74 bits per heavy atom. The highest BCUT2D eigenvalue weighted by Crippen LogP contribution is 2.24. The molecule has 0 radical (unpaired) electrons. The number of rotatable bonds is 6. The molecule has 0 fully saturated rings. The molecule has 4 rings (SSSR count). The van der Waals surface area contributed by atoms with Gasteiger partial charge in [0.25, 0.3) is 5.56 Å². The molecule has 1 heterocycles. The molecule has 0 N–H and O–H groups in total. The van der Waals surface area contributed by atoms with E-state index < -0.39 is 5.82 Å². The van der Waals surface area contributed by atoms with Gasteiger partial charge in [-0.1, -0.05) is 48.5 Å². The maximum absolute atomic E-state index is 14.6. The maximum atomic E-state index is 14.6. The second-order valence-corrected chi connectivity index (χ2v) is 7.24. The zero-order chi connectivity index (χ0) is 21.8. The first-order valence-electron chi connectivity index (χ1n) is 9.77. The number of benzene rings is 3. The van der Waals surface area contributed by atoms with Crippen molar-refractivity contribution >= 4 is 0 Å². The monoisotopic (exact) mass is 418 g/mol. The van der Waals surface area contributed by atoms with Crippen LogP contribution in [0.5, 0.6) is 5.75 Å². The fourth-order valence-corrected chi connectivity index (χ4v) is 3.28. The molecule has 0 saturated carbocycles. The van der Waals surface area contributed by atoms with Crippen molar-refractivity contribution in [2.45, 2.75) is 20.1 Å². The lowest BCUT2D eigenvalue weighted by atomic mass is 10.1. The van der Waals surface area contributed by atoms with E-state index in [1.165, 1.54) is 35.3 Å². The van der Waals surface area contributed by atoms with Gasteiger partial charge in [0.05, 0.1) is 18.4 Å². The van der Waals surface area contributed by atoms with Gasteiger partial charge in [0.1, 0.15) is 12.4 Å². The van der Waals surface area contributed by atoms with Crippen molar-refractivity contribution in [1.29, 1.82) is 0 Å². The van der Waals surface area contributed by atoms with Crippen molar-refractivity contribution in [3.05, 3.63) is 118 Å². The average molecular weight is 418 g/mol. The standard InChI is InChI=1S/C25H20F2N2O2/c1-17-11-19(7-9-22(17)26)14-29-16-28-13-21(25(29)30)20-8-10-24(23(27)12-20)31-15-18-5-3-2-4-6-18/h2-13,16H,14-15H2,1H3. The van der Waals surface area contributed by atoms with Crippen molar-refractivity contribution in [3.8, 4) is 16.9 Å². The van der Waals surface area contributed by atoms with E-state index in [9.17, 15) is 13.6 Å². The Labute approximate surface area is 178 Å². The minimum atomic E-state index is -0.558. The van der Waals surface area contributed by atoms with Gasteiger partial charge >= 0.3 is 0 Å². The van der Waals surface area contributed by atoms with Gasteiger partial charge in [-0.2, -0.15) is 0 Å². The molecule has 0 amide bonds. The number of nitrogens with zero attached hydrogens (tertiary/aromatic N) is 2. The molecule has 0 atom stereocenters. The Kier molecular flexibility index (Phi) is 5.89. The first-order valence-corrected chi connectivity index (χ1v) is 9.77. The van der Waals surface area contributed by atoms with Gasteiger partial charge in [0, 0.05) is 6.20 Å². The van der Waals surface area contributed by atoms with Gasteiger partial charge in [0.15, 0.2) is 11.6 Å². The highest BCUT2D eigenvalue weighted by atomic mass is 19.1. The van der Waals surface area contributed by atoms with Gasteiger partial charge in [-0.05, 0) is 47.4 Å². The summed E-state index contributed by atoms with van der Waals surface area (Å²) in [4.78, 5) is 17.0. The van der Waals surface area contributed by atoms with Crippen LogP contribution >= 0.6 is 0 Å². The van der Waals surface area contributed by atoms with Crippen LogP contribution in [0.3, 0.4) is 0 Å². The van der Waals surface area contributed by atoms with Crippen molar-refractivity contribution < 1.29 is 13.5 Å². The number of hydrogen-bond acceptors (Lipinski definition) is 3. The minimum Gasteiger partial charge on any atom is -0.486 e. The molecule has 0 aliphatic rings. The average Bonchev–Trinajstić information content (AvgIpc) is 2.77. The molecule has 6 heteroatoms. The third-order valence-corrected chi connectivity index (χ3v) is 4.96. The third kappa shape index (κ3) is 4.69. The second kappa shape index (κ2) is 8.92. The number of aryl methyl sites for hydroxylation is 1. The summed E-state index contributed by atoms with van der Waals surface area (Å²) in [6.07, 6.45) is 2.83. The van der Waals surface area contributed by atoms with E-state index >= 15 is 0 Å². The van der Waals surface area contributed by atoms with E-state index in [1.807, 2.05) is 30.3 Å². The van der Waals surface area contributed by atoms with Gasteiger partial charge in [-0.25, -0.2) is 13.8 Å². The molecular weight excluding hydrogens is 398 g/mol. The van der Waals surface area contributed by atoms with Crippen molar-refractivity contribution in [2.24, 2.45) is 0 Å². The molecule has 4 aromatic rings. The lowest BCUT2D eigenvalue weighted by Crippen LogP contribution is -2.22. The number of ether oxygens (including phenoxy) is 1. The lowest BCUT2D eigenvalue weighted by molar-refractivity contribution is 0.290. The zero-order valence-corrected chi connectivity index (χ0v) is 16.9. The van der Waals surface area contributed by atoms with Crippen LogP contribution in [-0.2, 0) is 13.2 Å². The van der Waals surface area contributed by atoms with E-state index in [0.29, 0.717) is 11.1 Å². The number of halogens is 2. The van der Waals surface area contributed by atoms with Gasteiger partial charge < -0.3 is 4.74 Å². The summed E-state index contributed by atoms with van der Waals surface area (Å²) < 4.78 is 35.1. The topological polar surface area (TPSA) is 44.1 Å². The van der Waals surface area contributed by atoms with E-state index in [0.717, 1.165) is 11.1 Å². The molecule has 0 aliphatic carbocycles. The van der Waals surface area contributed by atoms with E-state index in [2.05, 4.69) is 4.98 Å². The molecule has 156 valence electrons. The Morgan fingerprint density at radius 3 is 2.48 bits per heavy atom. The molecule has 3 aromatic carbocycles. The fourth-order valence-electron chi connectivity index (χ4n) is 3.28. The summed E-state index contributed by atoms with van der Waals surface area (Å²) >= 11 is 0. The molecule has 0 spiro atoms. The summed E-state index contributed by atoms with van der Waals surface area (Å²) in [5.41, 5.74) is 2.58. The van der Waals surface area contributed by atoms with Crippen molar-refractivity contribution in [1.82, 2.24) is 9.55 Å². The molecule has 31 heavy (non-hydrogen) atoms. The second-order valence-electron chi connectivity index (χ2n) is 7.24. The van der Waals surface area contributed by atoms with Crippen LogP contribution in [0.1, 0.15) is 16.7 Å². The Balaban J connectivity index is 1.56. The molecule has 0 aliphatic heterocycles. The van der Waals surface area contributed by atoms with Crippen LogP contribution in [0.4, 0.5) is 8.78 Å².